The van der Waals surface area contributed by atoms with Gasteiger partial charge in [-0.15, -0.1) is 0 Å². The summed E-state index contributed by atoms with van der Waals surface area (Å²) in [6.07, 6.45) is 0.230. The Morgan fingerprint density at radius 2 is 2.08 bits per heavy atom. The number of ether oxygens (including phenoxy) is 1. The number of amides is 1. The Balaban J connectivity index is 1.89. The second-order valence-corrected chi connectivity index (χ2v) is 7.29. The molecule has 0 saturated carbocycles. The maximum atomic E-state index is 13.3. The molecule has 1 aliphatic heterocycles. The predicted molar refractivity (Wildman–Crippen MR) is 89.9 cm³/mol. The van der Waals surface area contributed by atoms with Crippen LogP contribution in [0.2, 0.25) is 0 Å². The van der Waals surface area contributed by atoms with Crippen LogP contribution in [0, 0.1) is 5.82 Å². The number of fused-ring (bicyclic) bond motifs is 1. The van der Waals surface area contributed by atoms with E-state index in [0.717, 1.165) is 0 Å². The molecule has 0 spiro atoms. The number of aromatic amines is 1. The SMILES string of the molecule is CC(C)(C)OC(=O)N1CC(O)CC1C(=O)c1c[nH]c2cc(F)ccc12. The number of hydrogen-bond acceptors (Lipinski definition) is 4. The van der Waals surface area contributed by atoms with Gasteiger partial charge in [0.2, 0.25) is 0 Å². The second-order valence-electron chi connectivity index (χ2n) is 7.29. The summed E-state index contributed by atoms with van der Waals surface area (Å²) in [5.74, 6) is -0.708. The summed E-state index contributed by atoms with van der Waals surface area (Å²) in [6, 6.07) is 3.30. The van der Waals surface area contributed by atoms with E-state index in [1.165, 1.54) is 29.3 Å². The van der Waals surface area contributed by atoms with Crippen molar-refractivity contribution in [2.75, 3.05) is 6.54 Å². The molecule has 0 bridgehead atoms. The second kappa shape index (κ2) is 6.15. The Labute approximate surface area is 144 Å². The molecule has 3 rings (SSSR count). The monoisotopic (exact) mass is 348 g/mol. The molecule has 134 valence electrons. The highest BCUT2D eigenvalue weighted by molar-refractivity contribution is 6.11. The van der Waals surface area contributed by atoms with Crippen LogP contribution < -0.4 is 0 Å². The Morgan fingerprint density at radius 3 is 2.76 bits per heavy atom. The van der Waals surface area contributed by atoms with Crippen molar-refractivity contribution < 1.29 is 23.8 Å². The summed E-state index contributed by atoms with van der Waals surface area (Å²) in [5, 5.41) is 10.5. The Morgan fingerprint density at radius 1 is 1.36 bits per heavy atom. The summed E-state index contributed by atoms with van der Waals surface area (Å²) in [7, 11) is 0. The molecule has 2 N–H and O–H groups in total. The van der Waals surface area contributed by atoms with Crippen molar-refractivity contribution in [3.05, 3.63) is 35.8 Å². The number of carbonyl (C=O) groups is 2. The number of carbonyl (C=O) groups excluding carboxylic acids is 2. The van der Waals surface area contributed by atoms with Gasteiger partial charge >= 0.3 is 6.09 Å². The molecule has 1 fully saturated rings. The zero-order valence-electron chi connectivity index (χ0n) is 14.4. The normalized spacial score (nSPS) is 20.9. The molecule has 0 aliphatic carbocycles. The average molecular weight is 348 g/mol. The highest BCUT2D eigenvalue weighted by Gasteiger charge is 2.41. The lowest BCUT2D eigenvalue weighted by Gasteiger charge is -2.27. The van der Waals surface area contributed by atoms with E-state index in [0.29, 0.717) is 16.5 Å². The number of rotatable bonds is 2. The van der Waals surface area contributed by atoms with Crippen LogP contribution in [0.5, 0.6) is 0 Å². The number of aliphatic hydroxyl groups is 1. The number of ketones is 1. The molecular formula is C18H21FN2O4. The Bertz CT molecular complexity index is 824. The van der Waals surface area contributed by atoms with E-state index in [-0.39, 0.29) is 18.7 Å². The van der Waals surface area contributed by atoms with Crippen LogP contribution in [0.15, 0.2) is 24.4 Å². The van der Waals surface area contributed by atoms with Gasteiger partial charge < -0.3 is 14.8 Å². The smallest absolute Gasteiger partial charge is 0.411 e. The molecule has 0 radical (unpaired) electrons. The maximum absolute atomic E-state index is 13.3. The summed E-state index contributed by atoms with van der Waals surface area (Å²) < 4.78 is 18.7. The number of halogens is 1. The molecule has 1 aliphatic rings. The third kappa shape index (κ3) is 3.51. The van der Waals surface area contributed by atoms with Gasteiger partial charge in [-0.05, 0) is 39.0 Å². The minimum absolute atomic E-state index is 0.0440. The average Bonchev–Trinajstić information content (AvgIpc) is 3.08. The number of nitrogens with one attached hydrogen (secondary N) is 1. The zero-order chi connectivity index (χ0) is 18.4. The largest absolute Gasteiger partial charge is 0.444 e. The van der Waals surface area contributed by atoms with E-state index in [9.17, 15) is 19.1 Å². The molecular weight excluding hydrogens is 327 g/mol. The van der Waals surface area contributed by atoms with E-state index in [1.54, 1.807) is 20.8 Å². The van der Waals surface area contributed by atoms with E-state index in [4.69, 9.17) is 4.74 Å². The van der Waals surface area contributed by atoms with Gasteiger partial charge in [0, 0.05) is 29.1 Å². The fourth-order valence-electron chi connectivity index (χ4n) is 3.07. The number of nitrogens with zero attached hydrogens (tertiary/aromatic N) is 1. The number of Topliss-reactive ketones (excluding diaryl/α,β-unsaturated/α-hetero) is 1. The summed E-state index contributed by atoms with van der Waals surface area (Å²) in [4.78, 5) is 29.5. The summed E-state index contributed by atoms with van der Waals surface area (Å²) >= 11 is 0. The van der Waals surface area contributed by atoms with Crippen LogP contribution in [0.4, 0.5) is 9.18 Å². The van der Waals surface area contributed by atoms with Gasteiger partial charge in [-0.2, -0.15) is 0 Å². The lowest BCUT2D eigenvalue weighted by atomic mass is 10.0. The Hall–Kier alpha value is -2.41. The first-order valence-corrected chi connectivity index (χ1v) is 8.14. The van der Waals surface area contributed by atoms with E-state index < -0.39 is 29.7 Å². The first kappa shape index (κ1) is 17.4. The number of H-pyrrole nitrogens is 1. The highest BCUT2D eigenvalue weighted by atomic mass is 19.1. The number of β-amino-alcohol motifs (C(OH)–C–C–N with tert-alkyl or cyclic N) is 1. The van der Waals surface area contributed by atoms with Gasteiger partial charge in [0.1, 0.15) is 17.5 Å². The topological polar surface area (TPSA) is 82.6 Å². The van der Waals surface area contributed by atoms with Gasteiger partial charge in [-0.1, -0.05) is 0 Å². The number of aliphatic hydroxyl groups excluding tert-OH is 1. The quantitative estimate of drug-likeness (QED) is 0.818. The Kier molecular flexibility index (Phi) is 4.28. The summed E-state index contributed by atoms with van der Waals surface area (Å²) in [6.45, 7) is 5.26. The third-order valence-electron chi connectivity index (χ3n) is 4.12. The molecule has 6 nitrogen and oxygen atoms in total. The predicted octanol–water partition coefficient (Wildman–Crippen LogP) is 2.86. The fourth-order valence-corrected chi connectivity index (χ4v) is 3.07. The first-order valence-electron chi connectivity index (χ1n) is 8.14. The van der Waals surface area contributed by atoms with Crippen molar-refractivity contribution in [3.63, 3.8) is 0 Å². The highest BCUT2D eigenvalue weighted by Crippen LogP contribution is 2.27. The van der Waals surface area contributed by atoms with E-state index in [2.05, 4.69) is 4.98 Å². The standard InChI is InChI=1S/C18H21FN2O4/c1-18(2,3)25-17(24)21-9-11(22)7-15(21)16(23)13-8-20-14-6-10(19)4-5-12(13)14/h4-6,8,11,15,20,22H,7,9H2,1-3H3. The fraction of sp³-hybridized carbons (Fsp3) is 0.444. The number of hydrogen-bond donors (Lipinski definition) is 2. The summed E-state index contributed by atoms with van der Waals surface area (Å²) in [5.41, 5.74) is 0.171. The van der Waals surface area contributed by atoms with Crippen molar-refractivity contribution in [1.29, 1.82) is 0 Å². The molecule has 2 heterocycles. The van der Waals surface area contributed by atoms with Gasteiger partial charge in [-0.25, -0.2) is 9.18 Å². The van der Waals surface area contributed by atoms with Crippen molar-refractivity contribution >= 4 is 22.8 Å². The van der Waals surface area contributed by atoms with Crippen LogP contribution in [-0.2, 0) is 4.74 Å². The molecule has 1 aromatic heterocycles. The van der Waals surface area contributed by atoms with Crippen LogP contribution in [0.1, 0.15) is 37.6 Å². The zero-order valence-corrected chi connectivity index (χ0v) is 14.4. The molecule has 2 atom stereocenters. The molecule has 2 aromatic rings. The van der Waals surface area contributed by atoms with Crippen molar-refractivity contribution in [2.45, 2.75) is 44.9 Å². The van der Waals surface area contributed by atoms with Gasteiger partial charge in [0.25, 0.3) is 0 Å². The first-order chi connectivity index (χ1) is 11.7. The van der Waals surface area contributed by atoms with E-state index >= 15 is 0 Å². The minimum Gasteiger partial charge on any atom is -0.444 e. The molecule has 2 unspecified atom stereocenters. The maximum Gasteiger partial charge on any atom is 0.411 e. The van der Waals surface area contributed by atoms with Crippen LogP contribution in [0.25, 0.3) is 10.9 Å². The van der Waals surface area contributed by atoms with Crippen molar-refractivity contribution in [3.8, 4) is 0 Å². The van der Waals surface area contributed by atoms with Gasteiger partial charge in [0.05, 0.1) is 12.6 Å². The van der Waals surface area contributed by atoms with Crippen LogP contribution in [-0.4, -0.2) is 51.2 Å². The lowest BCUT2D eigenvalue weighted by Crippen LogP contribution is -2.43. The molecule has 1 saturated heterocycles. The number of benzene rings is 1. The third-order valence-corrected chi connectivity index (χ3v) is 4.12. The molecule has 25 heavy (non-hydrogen) atoms. The van der Waals surface area contributed by atoms with Gasteiger partial charge in [-0.3, -0.25) is 9.69 Å². The lowest BCUT2D eigenvalue weighted by molar-refractivity contribution is 0.0206. The van der Waals surface area contributed by atoms with E-state index in [1.807, 2.05) is 0 Å². The number of aromatic nitrogens is 1. The molecule has 1 aromatic carbocycles. The van der Waals surface area contributed by atoms with Crippen LogP contribution >= 0.6 is 0 Å². The van der Waals surface area contributed by atoms with Crippen molar-refractivity contribution in [2.24, 2.45) is 0 Å². The number of likely N-dealkylation sites (tertiary alicyclic amines) is 1. The van der Waals surface area contributed by atoms with Crippen LogP contribution in [0.3, 0.4) is 0 Å². The van der Waals surface area contributed by atoms with Crippen molar-refractivity contribution in [1.82, 2.24) is 9.88 Å². The van der Waals surface area contributed by atoms with Gasteiger partial charge in [0.15, 0.2) is 5.78 Å². The minimum atomic E-state index is -0.811. The molecule has 7 heteroatoms. The molecule has 1 amide bonds.